The molecule has 2 aromatic rings. The van der Waals surface area contributed by atoms with E-state index in [1.165, 1.54) is 0 Å². The Bertz CT molecular complexity index is 517. The number of hydrogen-bond acceptors (Lipinski definition) is 3. The zero-order chi connectivity index (χ0) is 13.0. The lowest BCUT2D eigenvalue weighted by atomic mass is 10.1. The van der Waals surface area contributed by atoms with Gasteiger partial charge in [-0.15, -0.1) is 5.10 Å². The molecule has 4 nitrogen and oxygen atoms in total. The summed E-state index contributed by atoms with van der Waals surface area (Å²) in [5, 5.41) is 8.00. The predicted octanol–water partition coefficient (Wildman–Crippen LogP) is 2.34. The highest BCUT2D eigenvalue weighted by Gasteiger charge is 2.13. The fraction of sp³-hybridized carbons (Fsp3) is 0.357. The Balaban J connectivity index is 2.27. The molecule has 0 unspecified atom stereocenters. The molecule has 18 heavy (non-hydrogen) atoms. The summed E-state index contributed by atoms with van der Waals surface area (Å²) in [4.78, 5) is 11.0. The molecule has 0 atom stereocenters. The van der Waals surface area contributed by atoms with Gasteiger partial charge >= 0.3 is 0 Å². The summed E-state index contributed by atoms with van der Waals surface area (Å²) in [6, 6.07) is 10.1. The molecular weight excluding hydrogens is 226 g/mol. The Morgan fingerprint density at radius 1 is 1.28 bits per heavy atom. The fourth-order valence-electron chi connectivity index (χ4n) is 1.92. The average molecular weight is 243 g/mol. The van der Waals surface area contributed by atoms with E-state index in [2.05, 4.69) is 24.2 Å². The van der Waals surface area contributed by atoms with Crippen molar-refractivity contribution < 1.29 is 4.79 Å². The number of carbonyl (C=O) groups excluding carboxylic acids is 1. The molecule has 1 heterocycles. The van der Waals surface area contributed by atoms with Crippen molar-refractivity contribution in [3.05, 3.63) is 47.3 Å². The Morgan fingerprint density at radius 2 is 2.00 bits per heavy atom. The van der Waals surface area contributed by atoms with Gasteiger partial charge in [0.2, 0.25) is 0 Å². The number of benzene rings is 1. The first-order valence-electron chi connectivity index (χ1n) is 6.12. The number of aromatic nitrogens is 3. The van der Waals surface area contributed by atoms with Gasteiger partial charge in [0.15, 0.2) is 6.29 Å². The van der Waals surface area contributed by atoms with Crippen LogP contribution in [-0.2, 0) is 13.0 Å². The van der Waals surface area contributed by atoms with Crippen LogP contribution >= 0.6 is 0 Å². The summed E-state index contributed by atoms with van der Waals surface area (Å²) in [5.74, 6) is 0.469. The lowest BCUT2D eigenvalue weighted by Crippen LogP contribution is -2.09. The molecule has 0 radical (unpaired) electrons. The van der Waals surface area contributed by atoms with Gasteiger partial charge in [0.25, 0.3) is 0 Å². The average Bonchev–Trinajstić information content (AvgIpc) is 2.72. The minimum absolute atomic E-state index is 0.458. The van der Waals surface area contributed by atoms with Crippen LogP contribution in [0.15, 0.2) is 30.3 Å². The maximum atomic E-state index is 11.0. The van der Waals surface area contributed by atoms with E-state index in [9.17, 15) is 4.79 Å². The predicted molar refractivity (Wildman–Crippen MR) is 69.5 cm³/mol. The van der Waals surface area contributed by atoms with Gasteiger partial charge in [-0.25, -0.2) is 4.68 Å². The summed E-state index contributed by atoms with van der Waals surface area (Å²) in [7, 11) is 0. The van der Waals surface area contributed by atoms with Crippen molar-refractivity contribution in [2.45, 2.75) is 26.8 Å². The van der Waals surface area contributed by atoms with Crippen molar-refractivity contribution in [3.63, 3.8) is 0 Å². The molecule has 0 saturated heterocycles. The summed E-state index contributed by atoms with van der Waals surface area (Å²) in [6.45, 7) is 4.90. The van der Waals surface area contributed by atoms with Gasteiger partial charge in [0, 0.05) is 0 Å². The first kappa shape index (κ1) is 12.5. The monoisotopic (exact) mass is 243 g/mol. The van der Waals surface area contributed by atoms with Crippen LogP contribution in [0.3, 0.4) is 0 Å². The van der Waals surface area contributed by atoms with E-state index in [-0.39, 0.29) is 0 Å². The van der Waals surface area contributed by atoms with Crippen LogP contribution in [0.1, 0.15) is 35.6 Å². The van der Waals surface area contributed by atoms with Crippen LogP contribution in [0.5, 0.6) is 0 Å². The Labute approximate surface area is 107 Å². The second-order valence-corrected chi connectivity index (χ2v) is 4.78. The topological polar surface area (TPSA) is 47.8 Å². The van der Waals surface area contributed by atoms with Crippen molar-refractivity contribution in [1.29, 1.82) is 0 Å². The zero-order valence-corrected chi connectivity index (χ0v) is 10.7. The molecule has 0 N–H and O–H groups in total. The van der Waals surface area contributed by atoms with Crippen LogP contribution in [0.2, 0.25) is 0 Å². The Hall–Kier alpha value is -1.97. The van der Waals surface area contributed by atoms with Gasteiger partial charge < -0.3 is 0 Å². The molecule has 2 rings (SSSR count). The standard InChI is InChI=1S/C14H17N3O/c1-11(2)8-14-13(10-18)15-16-17(14)9-12-6-4-3-5-7-12/h3-7,10-11H,8-9H2,1-2H3. The largest absolute Gasteiger partial charge is 0.296 e. The number of rotatable bonds is 5. The quantitative estimate of drug-likeness (QED) is 0.757. The first-order chi connectivity index (χ1) is 8.70. The van der Waals surface area contributed by atoms with Crippen LogP contribution < -0.4 is 0 Å². The second kappa shape index (κ2) is 5.58. The Kier molecular flexibility index (Phi) is 3.87. The van der Waals surface area contributed by atoms with Gasteiger partial charge in [-0.05, 0) is 17.9 Å². The van der Waals surface area contributed by atoms with Crippen LogP contribution in [0, 0.1) is 5.92 Å². The van der Waals surface area contributed by atoms with Crippen molar-refractivity contribution in [2.24, 2.45) is 5.92 Å². The smallest absolute Gasteiger partial charge is 0.172 e. The van der Waals surface area contributed by atoms with Crippen LogP contribution in [0.25, 0.3) is 0 Å². The second-order valence-electron chi connectivity index (χ2n) is 4.78. The van der Waals surface area contributed by atoms with E-state index in [0.29, 0.717) is 18.2 Å². The molecule has 0 amide bonds. The summed E-state index contributed by atoms with van der Waals surface area (Å²) < 4.78 is 1.82. The van der Waals surface area contributed by atoms with E-state index in [1.54, 1.807) is 0 Å². The van der Waals surface area contributed by atoms with Gasteiger partial charge in [-0.2, -0.15) is 0 Å². The van der Waals surface area contributed by atoms with Crippen molar-refractivity contribution >= 4 is 6.29 Å². The highest BCUT2D eigenvalue weighted by molar-refractivity contribution is 5.73. The third kappa shape index (κ3) is 2.83. The lowest BCUT2D eigenvalue weighted by Gasteiger charge is -2.08. The SMILES string of the molecule is CC(C)Cc1c(C=O)nnn1Cc1ccccc1. The van der Waals surface area contributed by atoms with E-state index in [4.69, 9.17) is 0 Å². The summed E-state index contributed by atoms with van der Waals surface area (Å²) in [5.41, 5.74) is 2.54. The van der Waals surface area contributed by atoms with Gasteiger partial charge in [0.1, 0.15) is 5.69 Å². The number of carbonyl (C=O) groups is 1. The molecule has 0 saturated carbocycles. The normalized spacial score (nSPS) is 10.8. The number of hydrogen-bond donors (Lipinski definition) is 0. The molecule has 4 heteroatoms. The molecule has 0 fully saturated rings. The van der Waals surface area contributed by atoms with E-state index in [1.807, 2.05) is 35.0 Å². The van der Waals surface area contributed by atoms with Crippen molar-refractivity contribution in [2.75, 3.05) is 0 Å². The minimum atomic E-state index is 0.458. The lowest BCUT2D eigenvalue weighted by molar-refractivity contribution is 0.111. The maximum Gasteiger partial charge on any atom is 0.172 e. The Morgan fingerprint density at radius 3 is 2.61 bits per heavy atom. The number of aldehydes is 1. The maximum absolute atomic E-state index is 11.0. The third-order valence-electron chi connectivity index (χ3n) is 2.76. The van der Waals surface area contributed by atoms with Crippen LogP contribution in [-0.4, -0.2) is 21.3 Å². The summed E-state index contributed by atoms with van der Waals surface area (Å²) in [6.07, 6.45) is 1.60. The minimum Gasteiger partial charge on any atom is -0.296 e. The zero-order valence-electron chi connectivity index (χ0n) is 10.7. The van der Waals surface area contributed by atoms with Gasteiger partial charge in [0.05, 0.1) is 12.2 Å². The molecule has 1 aromatic heterocycles. The fourth-order valence-corrected chi connectivity index (χ4v) is 1.92. The molecule has 0 aliphatic carbocycles. The van der Waals surface area contributed by atoms with Crippen molar-refractivity contribution in [3.8, 4) is 0 Å². The molecular formula is C14H17N3O. The van der Waals surface area contributed by atoms with Gasteiger partial charge in [-0.3, -0.25) is 4.79 Å². The third-order valence-corrected chi connectivity index (χ3v) is 2.76. The molecule has 0 bridgehead atoms. The number of nitrogens with zero attached hydrogens (tertiary/aromatic N) is 3. The van der Waals surface area contributed by atoms with E-state index in [0.717, 1.165) is 24.0 Å². The molecule has 94 valence electrons. The van der Waals surface area contributed by atoms with Gasteiger partial charge in [-0.1, -0.05) is 49.4 Å². The molecule has 0 aliphatic rings. The van der Waals surface area contributed by atoms with Crippen molar-refractivity contribution in [1.82, 2.24) is 15.0 Å². The highest BCUT2D eigenvalue weighted by Crippen LogP contribution is 2.12. The molecule has 0 aliphatic heterocycles. The molecule has 0 spiro atoms. The highest BCUT2D eigenvalue weighted by atomic mass is 16.1. The first-order valence-corrected chi connectivity index (χ1v) is 6.12. The summed E-state index contributed by atoms with van der Waals surface area (Å²) >= 11 is 0. The van der Waals surface area contributed by atoms with Crippen LogP contribution in [0.4, 0.5) is 0 Å². The molecule has 1 aromatic carbocycles. The van der Waals surface area contributed by atoms with E-state index >= 15 is 0 Å². The van der Waals surface area contributed by atoms with E-state index < -0.39 is 0 Å².